The third-order valence-electron chi connectivity index (χ3n) is 3.88. The van der Waals surface area contributed by atoms with E-state index >= 15 is 0 Å². The van der Waals surface area contributed by atoms with Crippen LogP contribution in [0.3, 0.4) is 0 Å². The van der Waals surface area contributed by atoms with Crippen LogP contribution in [0.25, 0.3) is 0 Å². The van der Waals surface area contributed by atoms with Crippen LogP contribution in [0.4, 0.5) is 11.5 Å². The molecule has 2 aromatic rings. The van der Waals surface area contributed by atoms with Gasteiger partial charge in [-0.15, -0.1) is 0 Å². The van der Waals surface area contributed by atoms with Gasteiger partial charge in [0.15, 0.2) is 11.6 Å². The molecule has 0 spiro atoms. The Morgan fingerprint density at radius 2 is 2.14 bits per heavy atom. The van der Waals surface area contributed by atoms with Crippen LogP contribution in [0.1, 0.15) is 27.0 Å². The number of hydrogen-bond acceptors (Lipinski definition) is 4. The monoisotopic (exact) mass is 295 g/mol. The third kappa shape index (κ3) is 2.35. The van der Waals surface area contributed by atoms with Crippen LogP contribution in [0, 0.1) is 13.8 Å². The Morgan fingerprint density at radius 3 is 2.91 bits per heavy atom. The van der Waals surface area contributed by atoms with Crippen LogP contribution in [0.15, 0.2) is 29.4 Å². The number of aryl methyl sites for hydroxylation is 1. The van der Waals surface area contributed by atoms with Gasteiger partial charge in [-0.2, -0.15) is 0 Å². The van der Waals surface area contributed by atoms with Gasteiger partial charge >= 0.3 is 0 Å². The van der Waals surface area contributed by atoms with Crippen molar-refractivity contribution in [3.8, 4) is 5.75 Å². The summed E-state index contributed by atoms with van der Waals surface area (Å²) in [5.41, 5.74) is 4.62. The van der Waals surface area contributed by atoms with E-state index < -0.39 is 0 Å². The Morgan fingerprint density at radius 1 is 1.32 bits per heavy atom. The standard InChI is InChI=1S/C17H17N3O2/c1-10-9-13(20-16-14(22-3)5-4-7-18-16)11(2)12-6-8-19-17(21)15(10)12/h4-5,7-9H,6H2,1-3H3,(H,18,20). The van der Waals surface area contributed by atoms with E-state index in [4.69, 9.17) is 4.74 Å². The van der Waals surface area contributed by atoms with Crippen LogP contribution in [-0.2, 0) is 6.42 Å². The molecule has 1 aliphatic rings. The zero-order chi connectivity index (χ0) is 15.7. The first-order valence-corrected chi connectivity index (χ1v) is 7.07. The maximum atomic E-state index is 12.0. The molecule has 0 atom stereocenters. The first kappa shape index (κ1) is 14.3. The second-order valence-corrected chi connectivity index (χ2v) is 5.22. The smallest absolute Gasteiger partial charge is 0.277 e. The number of nitrogens with one attached hydrogen (secondary N) is 1. The van der Waals surface area contributed by atoms with Crippen molar-refractivity contribution in [3.05, 3.63) is 46.6 Å². The molecule has 1 N–H and O–H groups in total. The minimum atomic E-state index is -0.163. The molecule has 0 fully saturated rings. The summed E-state index contributed by atoms with van der Waals surface area (Å²) < 4.78 is 5.32. The fourth-order valence-electron chi connectivity index (χ4n) is 2.73. The number of pyridine rings is 1. The second kappa shape index (κ2) is 5.60. The quantitative estimate of drug-likeness (QED) is 0.944. The Balaban J connectivity index is 2.06. The summed E-state index contributed by atoms with van der Waals surface area (Å²) in [7, 11) is 1.61. The molecule has 5 nitrogen and oxygen atoms in total. The van der Waals surface area contributed by atoms with Crippen LogP contribution in [-0.4, -0.2) is 24.2 Å². The Hall–Kier alpha value is -2.69. The molecule has 3 rings (SSSR count). The van der Waals surface area contributed by atoms with E-state index in [0.717, 1.165) is 27.9 Å². The fraction of sp³-hybridized carbons (Fsp3) is 0.235. The lowest BCUT2D eigenvalue weighted by atomic mass is 9.91. The van der Waals surface area contributed by atoms with Crippen molar-refractivity contribution in [2.45, 2.75) is 20.3 Å². The predicted octanol–water partition coefficient (Wildman–Crippen LogP) is 3.22. The Kier molecular flexibility index (Phi) is 3.63. The van der Waals surface area contributed by atoms with Gasteiger partial charge in [-0.25, -0.2) is 9.98 Å². The number of hydrogen-bond donors (Lipinski definition) is 1. The van der Waals surface area contributed by atoms with Gasteiger partial charge in [0.1, 0.15) is 0 Å². The lowest BCUT2D eigenvalue weighted by Gasteiger charge is -2.20. The molecule has 1 aliphatic heterocycles. The highest BCUT2D eigenvalue weighted by atomic mass is 16.5. The number of carbonyl (C=O) groups excluding carboxylic acids is 1. The van der Waals surface area contributed by atoms with Gasteiger partial charge in [0, 0.05) is 30.1 Å². The lowest BCUT2D eigenvalue weighted by molar-refractivity contribution is 0.1000. The normalized spacial score (nSPS) is 13.0. The number of nitrogens with zero attached hydrogens (tertiary/aromatic N) is 2. The van der Waals surface area contributed by atoms with Gasteiger partial charge in [-0.3, -0.25) is 4.79 Å². The minimum Gasteiger partial charge on any atom is -0.493 e. The highest BCUT2D eigenvalue weighted by molar-refractivity contribution is 6.05. The molecule has 5 heteroatoms. The maximum Gasteiger partial charge on any atom is 0.277 e. The van der Waals surface area contributed by atoms with E-state index in [1.165, 1.54) is 0 Å². The average Bonchev–Trinajstić information content (AvgIpc) is 2.52. The van der Waals surface area contributed by atoms with E-state index in [9.17, 15) is 4.79 Å². The van der Waals surface area contributed by atoms with Crippen molar-refractivity contribution < 1.29 is 9.53 Å². The van der Waals surface area contributed by atoms with Gasteiger partial charge in [-0.1, -0.05) is 0 Å². The summed E-state index contributed by atoms with van der Waals surface area (Å²) in [6.07, 6.45) is 4.05. The molecular weight excluding hydrogens is 278 g/mol. The van der Waals surface area contributed by atoms with E-state index in [1.807, 2.05) is 32.0 Å². The number of methoxy groups -OCH3 is 1. The molecule has 1 amide bonds. The molecule has 0 unspecified atom stereocenters. The number of anilines is 2. The molecule has 22 heavy (non-hydrogen) atoms. The Labute approximate surface area is 129 Å². The zero-order valence-corrected chi connectivity index (χ0v) is 12.8. The second-order valence-electron chi connectivity index (χ2n) is 5.22. The molecule has 112 valence electrons. The number of fused-ring (bicyclic) bond motifs is 1. The highest BCUT2D eigenvalue weighted by Gasteiger charge is 2.21. The SMILES string of the molecule is COc1cccnc1Nc1cc(C)c2c(c1C)CC=NC2=O. The number of carbonyl (C=O) groups is 1. The molecule has 2 heterocycles. The van der Waals surface area contributed by atoms with Crippen molar-refractivity contribution >= 4 is 23.6 Å². The van der Waals surface area contributed by atoms with Gasteiger partial charge < -0.3 is 10.1 Å². The van der Waals surface area contributed by atoms with Crippen molar-refractivity contribution in [2.75, 3.05) is 12.4 Å². The number of rotatable bonds is 3. The van der Waals surface area contributed by atoms with Crippen LogP contribution in [0.2, 0.25) is 0 Å². The number of aliphatic imine (C=N–C) groups is 1. The summed E-state index contributed by atoms with van der Waals surface area (Å²) in [4.78, 5) is 20.2. The number of aromatic nitrogens is 1. The predicted molar refractivity (Wildman–Crippen MR) is 86.5 cm³/mol. The number of amides is 1. The molecule has 0 radical (unpaired) electrons. The fourth-order valence-corrected chi connectivity index (χ4v) is 2.73. The zero-order valence-electron chi connectivity index (χ0n) is 12.8. The van der Waals surface area contributed by atoms with Gasteiger partial charge in [0.2, 0.25) is 0 Å². The van der Waals surface area contributed by atoms with E-state index in [2.05, 4.69) is 15.3 Å². The van der Waals surface area contributed by atoms with Crippen molar-refractivity contribution in [1.29, 1.82) is 0 Å². The first-order chi connectivity index (χ1) is 10.6. The molecule has 0 aliphatic carbocycles. The van der Waals surface area contributed by atoms with E-state index in [-0.39, 0.29) is 5.91 Å². The topological polar surface area (TPSA) is 63.6 Å². The van der Waals surface area contributed by atoms with E-state index in [1.54, 1.807) is 19.5 Å². The summed E-state index contributed by atoms with van der Waals surface area (Å²) in [6, 6.07) is 5.64. The largest absolute Gasteiger partial charge is 0.493 e. The highest BCUT2D eigenvalue weighted by Crippen LogP contribution is 2.32. The molecule has 1 aromatic heterocycles. The number of benzene rings is 1. The van der Waals surface area contributed by atoms with Gasteiger partial charge in [0.05, 0.1) is 7.11 Å². The van der Waals surface area contributed by atoms with Gasteiger partial charge in [0.25, 0.3) is 5.91 Å². The lowest BCUT2D eigenvalue weighted by Crippen LogP contribution is -2.13. The Bertz CT molecular complexity index is 782. The van der Waals surface area contributed by atoms with Crippen molar-refractivity contribution in [2.24, 2.45) is 4.99 Å². The molecular formula is C17H17N3O2. The summed E-state index contributed by atoms with van der Waals surface area (Å²) in [5.74, 6) is 1.17. The minimum absolute atomic E-state index is 0.163. The van der Waals surface area contributed by atoms with Crippen LogP contribution in [0.5, 0.6) is 5.75 Å². The molecule has 1 aromatic carbocycles. The molecule has 0 saturated heterocycles. The van der Waals surface area contributed by atoms with Gasteiger partial charge in [-0.05, 0) is 48.7 Å². The van der Waals surface area contributed by atoms with Crippen LogP contribution < -0.4 is 10.1 Å². The summed E-state index contributed by atoms with van der Waals surface area (Å²) >= 11 is 0. The maximum absolute atomic E-state index is 12.0. The average molecular weight is 295 g/mol. The third-order valence-corrected chi connectivity index (χ3v) is 3.88. The van der Waals surface area contributed by atoms with Crippen molar-refractivity contribution in [1.82, 2.24) is 4.98 Å². The van der Waals surface area contributed by atoms with Crippen LogP contribution >= 0.6 is 0 Å². The summed E-state index contributed by atoms with van der Waals surface area (Å²) in [5, 5.41) is 3.31. The van der Waals surface area contributed by atoms with Crippen molar-refractivity contribution in [3.63, 3.8) is 0 Å². The molecule has 0 bridgehead atoms. The molecule has 0 saturated carbocycles. The number of ether oxygens (including phenoxy) is 1. The first-order valence-electron chi connectivity index (χ1n) is 7.07. The van der Waals surface area contributed by atoms with E-state index in [0.29, 0.717) is 18.0 Å². The summed E-state index contributed by atoms with van der Waals surface area (Å²) in [6.45, 7) is 3.93.